The van der Waals surface area contributed by atoms with Crippen molar-refractivity contribution in [2.75, 3.05) is 18.5 Å². The van der Waals surface area contributed by atoms with Gasteiger partial charge in [-0.25, -0.2) is 0 Å². The third kappa shape index (κ3) is 6.26. The van der Waals surface area contributed by atoms with Crippen LogP contribution in [0, 0.1) is 17.0 Å². The number of nitro groups is 1. The van der Waals surface area contributed by atoms with Gasteiger partial charge in [0.2, 0.25) is 0 Å². The minimum Gasteiger partial charge on any atom is -0.490 e. The number of thiocarbonyl (C=S) groups is 1. The topological polar surface area (TPSA) is 103 Å². The first-order valence-corrected chi connectivity index (χ1v) is 10.1. The molecule has 1 amide bonds. The van der Waals surface area contributed by atoms with Crippen LogP contribution in [0.15, 0.2) is 72.8 Å². The Morgan fingerprint density at radius 3 is 2.44 bits per heavy atom. The first kappa shape index (κ1) is 22.7. The first-order valence-electron chi connectivity index (χ1n) is 9.71. The number of carbonyl (C=O) groups is 1. The maximum absolute atomic E-state index is 12.7. The van der Waals surface area contributed by atoms with Crippen molar-refractivity contribution in [3.63, 3.8) is 0 Å². The molecular weight excluding hydrogens is 430 g/mol. The van der Waals surface area contributed by atoms with Gasteiger partial charge in [-0.15, -0.1) is 0 Å². The third-order valence-corrected chi connectivity index (χ3v) is 4.51. The average molecular weight is 452 g/mol. The Morgan fingerprint density at radius 1 is 1.00 bits per heavy atom. The molecule has 32 heavy (non-hydrogen) atoms. The molecule has 0 heterocycles. The zero-order valence-electron chi connectivity index (χ0n) is 17.2. The number of nitro benzene ring substituents is 1. The number of aryl methyl sites for hydroxylation is 1. The van der Waals surface area contributed by atoms with Crippen LogP contribution < -0.4 is 20.1 Å². The number of benzene rings is 3. The molecule has 0 aliphatic heterocycles. The third-order valence-electron chi connectivity index (χ3n) is 4.31. The number of carbonyl (C=O) groups excluding carboxylic acids is 1. The van der Waals surface area contributed by atoms with Crippen LogP contribution in [0.4, 0.5) is 11.4 Å². The molecule has 2 N–H and O–H groups in total. The van der Waals surface area contributed by atoms with E-state index in [-0.39, 0.29) is 28.7 Å². The normalized spacial score (nSPS) is 10.2. The lowest BCUT2D eigenvalue weighted by atomic mass is 10.2. The average Bonchev–Trinajstić information content (AvgIpc) is 2.78. The highest BCUT2D eigenvalue weighted by Gasteiger charge is 2.17. The number of nitrogens with one attached hydrogen (secondary N) is 2. The van der Waals surface area contributed by atoms with E-state index in [0.717, 1.165) is 11.3 Å². The molecular formula is C23H21N3O5S. The largest absolute Gasteiger partial charge is 0.490 e. The Labute approximate surface area is 190 Å². The second kappa shape index (κ2) is 10.9. The van der Waals surface area contributed by atoms with Gasteiger partial charge < -0.3 is 14.8 Å². The van der Waals surface area contributed by atoms with Gasteiger partial charge >= 0.3 is 0 Å². The summed E-state index contributed by atoms with van der Waals surface area (Å²) in [5.41, 5.74) is 1.06. The van der Waals surface area contributed by atoms with Crippen molar-refractivity contribution in [2.24, 2.45) is 0 Å². The van der Waals surface area contributed by atoms with E-state index in [1.807, 2.05) is 30.3 Å². The van der Waals surface area contributed by atoms with Crippen LogP contribution in [0.1, 0.15) is 15.9 Å². The fraction of sp³-hybridized carbons (Fsp3) is 0.130. The molecule has 0 aromatic heterocycles. The predicted octanol–water partition coefficient (Wildman–Crippen LogP) is 4.49. The zero-order valence-corrected chi connectivity index (χ0v) is 18.1. The molecule has 8 nitrogen and oxygen atoms in total. The number of anilines is 1. The molecule has 0 spiro atoms. The minimum absolute atomic E-state index is 0.0656. The van der Waals surface area contributed by atoms with Gasteiger partial charge in [-0.1, -0.05) is 36.4 Å². The van der Waals surface area contributed by atoms with Crippen molar-refractivity contribution in [3.8, 4) is 11.5 Å². The predicted molar refractivity (Wildman–Crippen MR) is 125 cm³/mol. The monoisotopic (exact) mass is 451 g/mol. The Bertz CT molecular complexity index is 1120. The van der Waals surface area contributed by atoms with Crippen LogP contribution in [-0.2, 0) is 0 Å². The lowest BCUT2D eigenvalue weighted by molar-refractivity contribution is -0.383. The fourth-order valence-electron chi connectivity index (χ4n) is 2.83. The van der Waals surface area contributed by atoms with Crippen molar-refractivity contribution in [1.29, 1.82) is 0 Å². The molecule has 3 aromatic rings. The highest BCUT2D eigenvalue weighted by molar-refractivity contribution is 7.80. The molecule has 0 saturated carbocycles. The molecule has 3 aromatic carbocycles. The van der Waals surface area contributed by atoms with E-state index in [1.165, 1.54) is 12.1 Å². The minimum atomic E-state index is -0.513. The number of ether oxygens (including phenoxy) is 2. The molecule has 0 bridgehead atoms. The van der Waals surface area contributed by atoms with Crippen LogP contribution in [0.3, 0.4) is 0 Å². The number of nitrogens with zero attached hydrogens (tertiary/aromatic N) is 1. The van der Waals surface area contributed by atoms with Gasteiger partial charge in [-0.3, -0.25) is 20.2 Å². The summed E-state index contributed by atoms with van der Waals surface area (Å²) < 4.78 is 11.3. The molecule has 0 unspecified atom stereocenters. The van der Waals surface area contributed by atoms with Crippen LogP contribution >= 0.6 is 12.2 Å². The van der Waals surface area contributed by atoms with Crippen molar-refractivity contribution in [3.05, 3.63) is 94.0 Å². The summed E-state index contributed by atoms with van der Waals surface area (Å²) in [5, 5.41) is 16.4. The van der Waals surface area contributed by atoms with E-state index < -0.39 is 10.8 Å². The van der Waals surface area contributed by atoms with Gasteiger partial charge in [0, 0.05) is 6.07 Å². The van der Waals surface area contributed by atoms with Gasteiger partial charge in [0.15, 0.2) is 5.11 Å². The van der Waals surface area contributed by atoms with Gasteiger partial charge in [-0.05, 0) is 55.0 Å². The Morgan fingerprint density at radius 2 is 1.69 bits per heavy atom. The maximum Gasteiger partial charge on any atom is 0.292 e. The van der Waals surface area contributed by atoms with Gasteiger partial charge in [0.1, 0.15) is 30.4 Å². The molecule has 0 aliphatic rings. The first-order chi connectivity index (χ1) is 15.4. The lowest BCUT2D eigenvalue weighted by Crippen LogP contribution is -2.34. The number of para-hydroxylation sites is 2. The molecule has 0 fully saturated rings. The van der Waals surface area contributed by atoms with Gasteiger partial charge in [-0.2, -0.15) is 0 Å². The Kier molecular flexibility index (Phi) is 7.71. The molecule has 0 aliphatic carbocycles. The molecule has 0 saturated heterocycles. The molecule has 9 heteroatoms. The quantitative estimate of drug-likeness (QED) is 0.225. The number of rotatable bonds is 8. The van der Waals surface area contributed by atoms with Crippen molar-refractivity contribution in [1.82, 2.24) is 5.32 Å². The molecule has 3 rings (SSSR count). The van der Waals surface area contributed by atoms with E-state index in [9.17, 15) is 14.9 Å². The molecule has 164 valence electrons. The van der Waals surface area contributed by atoms with Crippen LogP contribution in [0.2, 0.25) is 0 Å². The fourth-order valence-corrected chi connectivity index (χ4v) is 3.03. The van der Waals surface area contributed by atoms with Gasteiger partial charge in [0.25, 0.3) is 11.6 Å². The Balaban J connectivity index is 1.59. The molecule has 0 radical (unpaired) electrons. The summed E-state index contributed by atoms with van der Waals surface area (Å²) in [4.78, 5) is 23.5. The highest BCUT2D eigenvalue weighted by atomic mass is 32.1. The van der Waals surface area contributed by atoms with Crippen LogP contribution in [0.25, 0.3) is 0 Å². The zero-order chi connectivity index (χ0) is 22.9. The standard InChI is InChI=1S/C23H21N3O5S/c1-16-11-12-19(20(15-16)26(28)29)24-23(32)25-22(27)18-9-5-6-10-21(18)31-14-13-30-17-7-3-2-4-8-17/h2-12,15H,13-14H2,1H3,(H2,24,25,27,32). The maximum atomic E-state index is 12.7. The second-order valence-corrected chi connectivity index (χ2v) is 7.10. The van der Waals surface area contributed by atoms with E-state index in [1.54, 1.807) is 37.3 Å². The summed E-state index contributed by atoms with van der Waals surface area (Å²) in [7, 11) is 0. The lowest BCUT2D eigenvalue weighted by Gasteiger charge is -2.13. The van der Waals surface area contributed by atoms with Crippen molar-refractivity contribution < 1.29 is 19.2 Å². The summed E-state index contributed by atoms with van der Waals surface area (Å²) in [5.74, 6) is 0.589. The number of amides is 1. The number of hydrogen-bond acceptors (Lipinski definition) is 6. The smallest absolute Gasteiger partial charge is 0.292 e. The van der Waals surface area contributed by atoms with E-state index >= 15 is 0 Å². The summed E-state index contributed by atoms with van der Waals surface area (Å²) in [6.45, 7) is 2.28. The number of hydrogen-bond donors (Lipinski definition) is 2. The summed E-state index contributed by atoms with van der Waals surface area (Å²) >= 11 is 5.17. The van der Waals surface area contributed by atoms with Crippen molar-refractivity contribution in [2.45, 2.75) is 6.92 Å². The Hall–Kier alpha value is -3.98. The molecule has 0 atom stereocenters. The SMILES string of the molecule is Cc1ccc(NC(=S)NC(=O)c2ccccc2OCCOc2ccccc2)c([N+](=O)[O-])c1. The van der Waals surface area contributed by atoms with Gasteiger partial charge in [0.05, 0.1) is 10.5 Å². The summed E-state index contributed by atoms with van der Waals surface area (Å²) in [6, 6.07) is 20.7. The van der Waals surface area contributed by atoms with Crippen LogP contribution in [0.5, 0.6) is 11.5 Å². The summed E-state index contributed by atoms with van der Waals surface area (Å²) in [6.07, 6.45) is 0. The van der Waals surface area contributed by atoms with Crippen molar-refractivity contribution >= 4 is 34.6 Å². The van der Waals surface area contributed by atoms with E-state index in [0.29, 0.717) is 12.4 Å². The highest BCUT2D eigenvalue weighted by Crippen LogP contribution is 2.25. The van der Waals surface area contributed by atoms with E-state index in [2.05, 4.69) is 10.6 Å². The van der Waals surface area contributed by atoms with Crippen LogP contribution in [-0.4, -0.2) is 29.2 Å². The van der Waals surface area contributed by atoms with E-state index in [4.69, 9.17) is 21.7 Å². The second-order valence-electron chi connectivity index (χ2n) is 6.69.